The molecule has 13 heteroatoms. The van der Waals surface area contributed by atoms with Crippen LogP contribution in [0.1, 0.15) is 39.6 Å². The van der Waals surface area contributed by atoms with E-state index in [0.29, 0.717) is 17.0 Å². The number of ketones is 1. The first kappa shape index (κ1) is 35.0. The number of carbonyl (C=O) groups excluding carboxylic acids is 2. The summed E-state index contributed by atoms with van der Waals surface area (Å²) in [5.41, 5.74) is 3.09. The summed E-state index contributed by atoms with van der Waals surface area (Å²) in [5.74, 6) is -2.45. The average Bonchev–Trinajstić information content (AvgIpc) is 3.45. The van der Waals surface area contributed by atoms with E-state index in [0.717, 1.165) is 27.3 Å². The van der Waals surface area contributed by atoms with Crippen molar-refractivity contribution in [1.82, 2.24) is 9.55 Å². The number of rotatable bonds is 9. The normalized spacial score (nSPS) is 11.6. The molecule has 248 valence electrons. The van der Waals surface area contributed by atoms with Gasteiger partial charge in [-0.05, 0) is 88.2 Å². The summed E-state index contributed by atoms with van der Waals surface area (Å²) in [6.45, 7) is 1.72. The summed E-state index contributed by atoms with van der Waals surface area (Å²) < 4.78 is 44.3. The Morgan fingerprint density at radius 2 is 1.45 bits per heavy atom. The lowest BCUT2D eigenvalue weighted by Gasteiger charge is -2.13. The number of anilines is 1. The summed E-state index contributed by atoms with van der Waals surface area (Å²) in [6, 6.07) is 23.7. The van der Waals surface area contributed by atoms with Crippen LogP contribution in [-0.2, 0) is 10.0 Å². The number of hydrogen-bond acceptors (Lipinski definition) is 5. The van der Waals surface area contributed by atoms with Gasteiger partial charge >= 0.3 is 0 Å². The van der Waals surface area contributed by atoms with E-state index >= 15 is 4.39 Å². The molecule has 2 aromatic heterocycles. The van der Waals surface area contributed by atoms with Crippen molar-refractivity contribution in [3.8, 4) is 22.3 Å². The zero-order valence-corrected chi connectivity index (χ0v) is 30.7. The maximum absolute atomic E-state index is 15.5. The largest absolute Gasteiger partial charge is 0.288 e. The lowest BCUT2D eigenvalue weighted by molar-refractivity contribution is 0.0964. The Hall–Kier alpha value is -3.81. The van der Waals surface area contributed by atoms with Crippen LogP contribution in [0.15, 0.2) is 97.3 Å². The molecule has 49 heavy (non-hydrogen) atoms. The van der Waals surface area contributed by atoms with E-state index in [1.807, 2.05) is 48.5 Å². The molecular weight excluding hydrogens is 823 g/mol. The first-order valence-corrected chi connectivity index (χ1v) is 18.6. The first-order valence-electron chi connectivity index (χ1n) is 14.8. The summed E-state index contributed by atoms with van der Waals surface area (Å²) in [5, 5.41) is 1.08. The van der Waals surface area contributed by atoms with Crippen molar-refractivity contribution < 1.29 is 22.4 Å². The zero-order chi connectivity index (χ0) is 35.0. The van der Waals surface area contributed by atoms with Crippen LogP contribution in [0.25, 0.3) is 33.3 Å². The van der Waals surface area contributed by atoms with Gasteiger partial charge in [0.15, 0.2) is 5.78 Å². The van der Waals surface area contributed by atoms with Gasteiger partial charge in [-0.25, -0.2) is 17.8 Å². The molecule has 0 saturated heterocycles. The Labute approximate surface area is 310 Å². The van der Waals surface area contributed by atoms with Crippen molar-refractivity contribution in [2.75, 3.05) is 10.5 Å². The highest BCUT2D eigenvalue weighted by molar-refractivity contribution is 14.1. The second-order valence-electron chi connectivity index (χ2n) is 11.0. The predicted octanol–water partition coefficient (Wildman–Crippen LogP) is 10.1. The maximum atomic E-state index is 15.5. The monoisotopic (exact) mass is 845 g/mol. The van der Waals surface area contributed by atoms with Gasteiger partial charge < -0.3 is 0 Å². The van der Waals surface area contributed by atoms with Crippen molar-refractivity contribution in [2.45, 2.75) is 13.3 Å². The Morgan fingerprint density at radius 3 is 2.06 bits per heavy atom. The van der Waals surface area contributed by atoms with Crippen LogP contribution < -0.4 is 4.72 Å². The minimum Gasteiger partial charge on any atom is -0.288 e. The van der Waals surface area contributed by atoms with E-state index in [-0.39, 0.29) is 52.8 Å². The molecule has 7 nitrogen and oxygen atoms in total. The van der Waals surface area contributed by atoms with Gasteiger partial charge in [-0.3, -0.25) is 18.9 Å². The van der Waals surface area contributed by atoms with E-state index in [9.17, 15) is 18.0 Å². The first-order chi connectivity index (χ1) is 23.4. The van der Waals surface area contributed by atoms with Crippen molar-refractivity contribution in [3.63, 3.8) is 0 Å². The number of hydrogen-bond donors (Lipinski definition) is 1. The molecule has 0 amide bonds. The number of fused-ring (bicyclic) bond motifs is 1. The smallest absolute Gasteiger partial charge is 0.266 e. The molecule has 0 atom stereocenters. The van der Waals surface area contributed by atoms with E-state index in [2.05, 4.69) is 9.71 Å². The standard InChI is InChI=1S/C36H24Cl3FIN3O4S/c1-2-16-49(47,48)43-30-15-14-29(40)32(33(30)41)34(45)26-19-44(36(46)31-27(38)4-3-5-28(31)39)35-25(26)17-23(18-42-35)22-8-6-20(7-9-22)21-10-12-24(37)13-11-21/h3-15,17-19,43H,2,16H2,1H3. The van der Waals surface area contributed by atoms with Gasteiger partial charge in [-0.2, -0.15) is 0 Å². The van der Waals surface area contributed by atoms with Crippen LogP contribution in [0.2, 0.25) is 15.1 Å². The van der Waals surface area contributed by atoms with E-state index < -0.39 is 27.5 Å². The molecule has 0 bridgehead atoms. The minimum absolute atomic E-state index is 0.00140. The third-order valence-electron chi connectivity index (χ3n) is 7.74. The SMILES string of the molecule is CCCS(=O)(=O)Nc1ccc(F)c(C(=O)c2cn(C(=O)c3c(Cl)cccc3Cl)c3ncc(-c4ccc(-c5ccc(Cl)cc5)cc4)cc23)c1I. The fourth-order valence-electron chi connectivity index (χ4n) is 5.38. The van der Waals surface area contributed by atoms with Crippen LogP contribution in [0.3, 0.4) is 0 Å². The molecule has 2 heterocycles. The Kier molecular flexibility index (Phi) is 10.2. The fraction of sp³-hybridized carbons (Fsp3) is 0.0833. The molecule has 0 aliphatic carbocycles. The predicted molar refractivity (Wildman–Crippen MR) is 202 cm³/mol. The van der Waals surface area contributed by atoms with Gasteiger partial charge in [-0.1, -0.05) is 84.2 Å². The fourth-order valence-corrected chi connectivity index (χ4v) is 8.21. The summed E-state index contributed by atoms with van der Waals surface area (Å²) in [6.07, 6.45) is 3.21. The molecule has 6 aromatic rings. The number of benzene rings is 4. The van der Waals surface area contributed by atoms with Crippen LogP contribution >= 0.6 is 57.4 Å². The third-order valence-corrected chi connectivity index (χ3v) is 11.2. The molecule has 0 saturated carbocycles. The summed E-state index contributed by atoms with van der Waals surface area (Å²) in [7, 11) is -3.75. The van der Waals surface area contributed by atoms with Crippen LogP contribution in [-0.4, -0.2) is 35.4 Å². The second kappa shape index (κ2) is 14.2. The topological polar surface area (TPSA) is 98.1 Å². The van der Waals surface area contributed by atoms with E-state index in [1.54, 1.807) is 47.8 Å². The summed E-state index contributed by atoms with van der Waals surface area (Å²) in [4.78, 5) is 32.8. The number of nitrogens with zero attached hydrogens (tertiary/aromatic N) is 2. The molecule has 1 N–H and O–H groups in total. The molecule has 0 fully saturated rings. The van der Waals surface area contributed by atoms with Crippen molar-refractivity contribution >= 4 is 95.8 Å². The minimum atomic E-state index is -3.75. The van der Waals surface area contributed by atoms with Gasteiger partial charge in [0.2, 0.25) is 10.0 Å². The number of nitrogens with one attached hydrogen (secondary N) is 1. The van der Waals surface area contributed by atoms with E-state index in [4.69, 9.17) is 34.8 Å². The van der Waals surface area contributed by atoms with Crippen molar-refractivity contribution in [2.24, 2.45) is 0 Å². The highest BCUT2D eigenvalue weighted by atomic mass is 127. The highest BCUT2D eigenvalue weighted by Crippen LogP contribution is 2.34. The van der Waals surface area contributed by atoms with E-state index in [1.165, 1.54) is 24.4 Å². The molecule has 0 unspecified atom stereocenters. The summed E-state index contributed by atoms with van der Waals surface area (Å²) >= 11 is 20.5. The lowest BCUT2D eigenvalue weighted by atomic mass is 9.99. The third kappa shape index (κ3) is 7.11. The Balaban J connectivity index is 1.50. The van der Waals surface area contributed by atoms with Crippen LogP contribution in [0.5, 0.6) is 0 Å². The van der Waals surface area contributed by atoms with Gasteiger partial charge in [-0.15, -0.1) is 0 Å². The number of pyridine rings is 1. The Bertz CT molecular complexity index is 2360. The average molecular weight is 847 g/mol. The van der Waals surface area contributed by atoms with Crippen molar-refractivity contribution in [3.05, 3.63) is 138 Å². The molecule has 6 rings (SSSR count). The quantitative estimate of drug-likeness (QED) is 0.115. The molecular formula is C36H24Cl3FIN3O4S. The number of carbonyl (C=O) groups is 2. The van der Waals surface area contributed by atoms with Gasteiger partial charge in [0.1, 0.15) is 11.5 Å². The second-order valence-corrected chi connectivity index (χ2v) is 15.2. The van der Waals surface area contributed by atoms with Gasteiger partial charge in [0, 0.05) is 28.4 Å². The molecule has 0 aliphatic rings. The lowest BCUT2D eigenvalue weighted by Crippen LogP contribution is -2.18. The Morgan fingerprint density at radius 1 is 0.857 bits per heavy atom. The van der Waals surface area contributed by atoms with Gasteiger partial charge in [0.25, 0.3) is 5.91 Å². The molecule has 0 aliphatic heterocycles. The number of halogens is 5. The van der Waals surface area contributed by atoms with Crippen molar-refractivity contribution in [1.29, 1.82) is 0 Å². The number of aromatic nitrogens is 2. The molecule has 0 spiro atoms. The van der Waals surface area contributed by atoms with Gasteiger partial charge in [0.05, 0.1) is 41.7 Å². The van der Waals surface area contributed by atoms with Crippen LogP contribution in [0.4, 0.5) is 10.1 Å². The number of sulfonamides is 1. The highest BCUT2D eigenvalue weighted by Gasteiger charge is 2.28. The molecule has 0 radical (unpaired) electrons. The zero-order valence-electron chi connectivity index (χ0n) is 25.5. The molecule has 4 aromatic carbocycles. The maximum Gasteiger partial charge on any atom is 0.266 e. The van der Waals surface area contributed by atoms with Crippen LogP contribution in [0, 0.1) is 9.39 Å².